The van der Waals surface area contributed by atoms with Gasteiger partial charge in [-0.25, -0.2) is 4.98 Å². The van der Waals surface area contributed by atoms with Gasteiger partial charge in [0, 0.05) is 19.3 Å². The molecule has 0 radical (unpaired) electrons. The normalized spacial score (nSPS) is 11.5. The SMILES string of the molecule is Cc1cccn2c(=O)c3cc(C(=O)NC(C)C)n(C)c3nc12. The lowest BCUT2D eigenvalue weighted by Gasteiger charge is -2.09. The third-order valence-electron chi connectivity index (χ3n) is 3.68. The molecule has 114 valence electrons. The topological polar surface area (TPSA) is 68.4 Å². The molecule has 0 aliphatic heterocycles. The zero-order valence-electron chi connectivity index (χ0n) is 13.0. The van der Waals surface area contributed by atoms with E-state index in [2.05, 4.69) is 10.3 Å². The summed E-state index contributed by atoms with van der Waals surface area (Å²) in [7, 11) is 1.75. The second-order valence-corrected chi connectivity index (χ2v) is 5.76. The van der Waals surface area contributed by atoms with Gasteiger partial charge in [0.2, 0.25) is 0 Å². The third-order valence-corrected chi connectivity index (χ3v) is 3.68. The summed E-state index contributed by atoms with van der Waals surface area (Å²) in [5.74, 6) is -0.208. The molecule has 0 unspecified atom stereocenters. The Labute approximate surface area is 127 Å². The van der Waals surface area contributed by atoms with Crippen molar-refractivity contribution in [3.05, 3.63) is 46.0 Å². The van der Waals surface area contributed by atoms with E-state index in [1.807, 2.05) is 32.9 Å². The minimum absolute atomic E-state index is 0.0286. The van der Waals surface area contributed by atoms with Crippen molar-refractivity contribution >= 4 is 22.6 Å². The average Bonchev–Trinajstić information content (AvgIpc) is 2.78. The number of nitrogens with one attached hydrogen (secondary N) is 1. The first-order valence-corrected chi connectivity index (χ1v) is 7.18. The van der Waals surface area contributed by atoms with Gasteiger partial charge in [0.05, 0.1) is 5.39 Å². The van der Waals surface area contributed by atoms with Crippen molar-refractivity contribution < 1.29 is 4.79 Å². The number of fused-ring (bicyclic) bond motifs is 2. The molecule has 0 atom stereocenters. The summed E-state index contributed by atoms with van der Waals surface area (Å²) in [5, 5.41) is 3.28. The van der Waals surface area contributed by atoms with E-state index >= 15 is 0 Å². The van der Waals surface area contributed by atoms with Crippen molar-refractivity contribution in [1.82, 2.24) is 19.3 Å². The molecular weight excluding hydrogens is 280 g/mol. The van der Waals surface area contributed by atoms with E-state index in [9.17, 15) is 9.59 Å². The molecule has 6 heteroatoms. The Morgan fingerprint density at radius 3 is 2.73 bits per heavy atom. The van der Waals surface area contributed by atoms with Gasteiger partial charge in [-0.1, -0.05) is 6.07 Å². The summed E-state index contributed by atoms with van der Waals surface area (Å²) in [6.45, 7) is 5.69. The molecule has 0 saturated carbocycles. The summed E-state index contributed by atoms with van der Waals surface area (Å²) in [6, 6.07) is 5.35. The smallest absolute Gasteiger partial charge is 0.268 e. The van der Waals surface area contributed by atoms with Crippen LogP contribution < -0.4 is 10.9 Å². The Morgan fingerprint density at radius 2 is 2.05 bits per heavy atom. The highest BCUT2D eigenvalue weighted by atomic mass is 16.2. The summed E-state index contributed by atoms with van der Waals surface area (Å²) in [6.07, 6.45) is 1.69. The number of aromatic nitrogens is 3. The Balaban J connectivity index is 2.33. The summed E-state index contributed by atoms with van der Waals surface area (Å²) in [4.78, 5) is 29.4. The van der Waals surface area contributed by atoms with Crippen LogP contribution in [0, 0.1) is 6.92 Å². The molecule has 0 aliphatic carbocycles. The van der Waals surface area contributed by atoms with Gasteiger partial charge >= 0.3 is 0 Å². The molecule has 3 heterocycles. The Kier molecular flexibility index (Phi) is 3.24. The quantitative estimate of drug-likeness (QED) is 0.782. The number of rotatable bonds is 2. The van der Waals surface area contributed by atoms with E-state index in [4.69, 9.17) is 0 Å². The summed E-state index contributed by atoms with van der Waals surface area (Å²) >= 11 is 0. The van der Waals surface area contributed by atoms with Crippen LogP contribution in [-0.2, 0) is 7.05 Å². The highest BCUT2D eigenvalue weighted by Gasteiger charge is 2.18. The lowest BCUT2D eigenvalue weighted by molar-refractivity contribution is 0.0935. The molecule has 3 rings (SSSR count). The van der Waals surface area contributed by atoms with E-state index in [1.165, 1.54) is 4.40 Å². The fraction of sp³-hybridized carbons (Fsp3) is 0.312. The summed E-state index contributed by atoms with van der Waals surface area (Å²) < 4.78 is 3.18. The van der Waals surface area contributed by atoms with Gasteiger partial charge < -0.3 is 9.88 Å². The molecule has 6 nitrogen and oxygen atoms in total. The molecule has 0 saturated heterocycles. The maximum Gasteiger partial charge on any atom is 0.268 e. The van der Waals surface area contributed by atoms with Crippen LogP contribution in [-0.4, -0.2) is 25.9 Å². The molecule has 22 heavy (non-hydrogen) atoms. The van der Waals surface area contributed by atoms with Crippen LogP contribution in [0.2, 0.25) is 0 Å². The van der Waals surface area contributed by atoms with Crippen molar-refractivity contribution in [2.45, 2.75) is 26.8 Å². The number of carbonyl (C=O) groups is 1. The van der Waals surface area contributed by atoms with Gasteiger partial charge in [0.15, 0.2) is 0 Å². The van der Waals surface area contributed by atoms with Gasteiger partial charge in [0.1, 0.15) is 17.0 Å². The Bertz CT molecular complexity index is 950. The fourth-order valence-corrected chi connectivity index (χ4v) is 2.58. The predicted molar refractivity (Wildman–Crippen MR) is 85.3 cm³/mol. The standard InChI is InChI=1S/C16H18N4O2/c1-9(2)17-15(21)12-8-11-14(19(12)4)18-13-10(3)6-5-7-20(13)16(11)22/h5-9H,1-4H3,(H,17,21). The number of hydrogen-bond donors (Lipinski definition) is 1. The van der Waals surface area contributed by atoms with Crippen LogP contribution in [0.25, 0.3) is 16.7 Å². The van der Waals surface area contributed by atoms with Crippen LogP contribution in [0.3, 0.4) is 0 Å². The number of aryl methyl sites for hydroxylation is 2. The average molecular weight is 298 g/mol. The van der Waals surface area contributed by atoms with E-state index in [-0.39, 0.29) is 17.5 Å². The van der Waals surface area contributed by atoms with Crippen molar-refractivity contribution in [3.8, 4) is 0 Å². The molecular formula is C16H18N4O2. The zero-order chi connectivity index (χ0) is 16.0. The molecule has 0 aromatic carbocycles. The maximum absolute atomic E-state index is 12.6. The first-order valence-electron chi connectivity index (χ1n) is 7.18. The Hall–Kier alpha value is -2.63. The van der Waals surface area contributed by atoms with Crippen molar-refractivity contribution in [3.63, 3.8) is 0 Å². The summed E-state index contributed by atoms with van der Waals surface area (Å²) in [5.41, 5.74) is 2.31. The lowest BCUT2D eigenvalue weighted by Crippen LogP contribution is -2.31. The van der Waals surface area contributed by atoms with Gasteiger partial charge in [0.25, 0.3) is 11.5 Å². The number of carbonyl (C=O) groups excluding carboxylic acids is 1. The number of amides is 1. The molecule has 0 spiro atoms. The van der Waals surface area contributed by atoms with Crippen LogP contribution in [0.5, 0.6) is 0 Å². The minimum Gasteiger partial charge on any atom is -0.349 e. The monoisotopic (exact) mass is 298 g/mol. The number of pyridine rings is 1. The van der Waals surface area contributed by atoms with Gasteiger partial charge in [-0.05, 0) is 38.5 Å². The van der Waals surface area contributed by atoms with Gasteiger partial charge in [-0.2, -0.15) is 0 Å². The second-order valence-electron chi connectivity index (χ2n) is 5.76. The molecule has 1 amide bonds. The van der Waals surface area contributed by atoms with E-state index < -0.39 is 0 Å². The van der Waals surface area contributed by atoms with Crippen LogP contribution in [0.4, 0.5) is 0 Å². The highest BCUT2D eigenvalue weighted by Crippen LogP contribution is 2.16. The molecule has 0 bridgehead atoms. The van der Waals surface area contributed by atoms with E-state index in [1.54, 1.807) is 23.9 Å². The molecule has 1 N–H and O–H groups in total. The molecule has 3 aromatic heterocycles. The molecule has 3 aromatic rings. The van der Waals surface area contributed by atoms with Gasteiger partial charge in [-0.3, -0.25) is 14.0 Å². The van der Waals surface area contributed by atoms with E-state index in [0.717, 1.165) is 5.56 Å². The molecule has 0 fully saturated rings. The molecule has 0 aliphatic rings. The highest BCUT2D eigenvalue weighted by molar-refractivity contribution is 5.98. The fourth-order valence-electron chi connectivity index (χ4n) is 2.58. The largest absolute Gasteiger partial charge is 0.349 e. The van der Waals surface area contributed by atoms with E-state index in [0.29, 0.717) is 22.4 Å². The first-order chi connectivity index (χ1) is 10.4. The van der Waals surface area contributed by atoms with Crippen molar-refractivity contribution in [2.24, 2.45) is 7.05 Å². The first kappa shape index (κ1) is 14.3. The third kappa shape index (κ3) is 2.07. The van der Waals surface area contributed by atoms with Crippen molar-refractivity contribution in [1.29, 1.82) is 0 Å². The number of nitrogens with zero attached hydrogens (tertiary/aromatic N) is 3. The Morgan fingerprint density at radius 1 is 1.32 bits per heavy atom. The maximum atomic E-state index is 12.6. The lowest BCUT2D eigenvalue weighted by atomic mass is 10.3. The van der Waals surface area contributed by atoms with Crippen LogP contribution >= 0.6 is 0 Å². The predicted octanol–water partition coefficient (Wildman–Crippen LogP) is 1.63. The van der Waals surface area contributed by atoms with Crippen LogP contribution in [0.1, 0.15) is 29.9 Å². The van der Waals surface area contributed by atoms with Crippen LogP contribution in [0.15, 0.2) is 29.2 Å². The second kappa shape index (κ2) is 4.98. The minimum atomic E-state index is -0.208. The van der Waals surface area contributed by atoms with Crippen molar-refractivity contribution in [2.75, 3.05) is 0 Å². The van der Waals surface area contributed by atoms with Gasteiger partial charge in [-0.15, -0.1) is 0 Å². The zero-order valence-corrected chi connectivity index (χ0v) is 13.0. The number of hydrogen-bond acceptors (Lipinski definition) is 3.